The Morgan fingerprint density at radius 1 is 1.25 bits per heavy atom. The number of amides is 2. The highest BCUT2D eigenvalue weighted by Gasteiger charge is 2.35. The van der Waals surface area contributed by atoms with E-state index in [9.17, 15) is 9.59 Å². The van der Waals surface area contributed by atoms with Crippen molar-refractivity contribution in [2.24, 2.45) is 18.2 Å². The highest BCUT2D eigenvalue weighted by molar-refractivity contribution is 7.10. The average Bonchev–Trinajstić information content (AvgIpc) is 3.52. The van der Waals surface area contributed by atoms with Crippen LogP contribution in [0.5, 0.6) is 0 Å². The van der Waals surface area contributed by atoms with Gasteiger partial charge in [-0.3, -0.25) is 9.59 Å². The molecule has 1 aliphatic carbocycles. The lowest BCUT2D eigenvalue weighted by molar-refractivity contribution is 0.0914. The van der Waals surface area contributed by atoms with Crippen molar-refractivity contribution in [1.82, 2.24) is 29.1 Å². The van der Waals surface area contributed by atoms with Gasteiger partial charge in [-0.05, 0) is 81.3 Å². The Hall–Kier alpha value is -3.51. The molecule has 0 bridgehead atoms. The highest BCUT2D eigenvalue weighted by Crippen LogP contribution is 2.37. The Morgan fingerprint density at radius 3 is 2.73 bits per heavy atom. The number of aromatic nitrogens is 4. The fourth-order valence-corrected chi connectivity index (χ4v) is 6.57. The minimum absolute atomic E-state index is 0.0274. The van der Waals surface area contributed by atoms with Gasteiger partial charge in [0.25, 0.3) is 11.8 Å². The number of hydrogen-bond acceptors (Lipinski definition) is 9. The van der Waals surface area contributed by atoms with Gasteiger partial charge in [0, 0.05) is 37.9 Å². The molecule has 0 unspecified atom stereocenters. The molecule has 1 saturated heterocycles. The van der Waals surface area contributed by atoms with Gasteiger partial charge < -0.3 is 30.7 Å². The SMILES string of the molecule is C[C@@H]1[C@H](NC(=O)c2cc3c(n2C)CC(C)(C)C3)CCCN1c1cnc(C(N)=O)c(Nc2cc(CN(C)C)ns2)n1. The van der Waals surface area contributed by atoms with Gasteiger partial charge in [0.15, 0.2) is 11.5 Å². The van der Waals surface area contributed by atoms with Gasteiger partial charge >= 0.3 is 0 Å². The third-order valence-corrected chi connectivity index (χ3v) is 8.61. The van der Waals surface area contributed by atoms with Crippen LogP contribution in [0.2, 0.25) is 0 Å². The molecule has 40 heavy (non-hydrogen) atoms. The first kappa shape index (κ1) is 28.0. The molecule has 0 aromatic carbocycles. The van der Waals surface area contributed by atoms with Gasteiger partial charge in [0.05, 0.1) is 11.9 Å². The van der Waals surface area contributed by atoms with E-state index in [0.717, 1.165) is 42.9 Å². The van der Waals surface area contributed by atoms with Crippen molar-refractivity contribution < 1.29 is 9.59 Å². The molecular formula is C28H39N9O2S. The fourth-order valence-electron chi connectivity index (χ4n) is 5.91. The summed E-state index contributed by atoms with van der Waals surface area (Å²) in [5, 5.41) is 7.24. The van der Waals surface area contributed by atoms with Gasteiger partial charge in [0.1, 0.15) is 16.5 Å². The average molecular weight is 566 g/mol. The van der Waals surface area contributed by atoms with Gasteiger partial charge in [-0.2, -0.15) is 4.37 Å². The normalized spacial score (nSPS) is 20.0. The summed E-state index contributed by atoms with van der Waals surface area (Å²) in [4.78, 5) is 38.8. The first-order valence-electron chi connectivity index (χ1n) is 13.7. The maximum Gasteiger partial charge on any atom is 0.271 e. The second kappa shape index (κ2) is 10.8. The third kappa shape index (κ3) is 5.68. The lowest BCUT2D eigenvalue weighted by Crippen LogP contribution is -2.54. The van der Waals surface area contributed by atoms with Crippen LogP contribution < -0.4 is 21.3 Å². The smallest absolute Gasteiger partial charge is 0.271 e. The summed E-state index contributed by atoms with van der Waals surface area (Å²) in [7, 11) is 5.95. The molecular weight excluding hydrogens is 526 g/mol. The van der Waals surface area contributed by atoms with E-state index < -0.39 is 5.91 Å². The summed E-state index contributed by atoms with van der Waals surface area (Å²) in [5.74, 6) is 0.209. The Kier molecular flexibility index (Phi) is 7.58. The fraction of sp³-hybridized carbons (Fsp3) is 0.536. The molecule has 5 rings (SSSR count). The van der Waals surface area contributed by atoms with Gasteiger partial charge in [-0.25, -0.2) is 9.97 Å². The van der Waals surface area contributed by atoms with Crippen LogP contribution in [0.3, 0.4) is 0 Å². The zero-order valence-electron chi connectivity index (χ0n) is 24.1. The molecule has 1 fully saturated rings. The van der Waals surface area contributed by atoms with Crippen molar-refractivity contribution in [3.8, 4) is 0 Å². The molecule has 2 aliphatic rings. The van der Waals surface area contributed by atoms with Crippen molar-refractivity contribution >= 4 is 40.0 Å². The Bertz CT molecular complexity index is 1430. The summed E-state index contributed by atoms with van der Waals surface area (Å²) in [6, 6.07) is 3.89. The summed E-state index contributed by atoms with van der Waals surface area (Å²) in [6.07, 6.45) is 5.31. The standard InChI is InChI=1S/C28H39N9O2S/c1-16-19(31-27(39)20-10-17-12-28(2,3)13-21(17)36(20)6)8-7-9-37(16)22-14-30-24(25(29)38)26(32-22)33-23-11-18(34-40-23)15-35(4)5/h10-11,14,16,19H,7-9,12-13,15H2,1-6H3,(H2,29,38)(H,31,39)(H,32,33)/t16-,19-/m1/s1. The molecule has 4 heterocycles. The van der Waals surface area contributed by atoms with Crippen LogP contribution in [0.25, 0.3) is 0 Å². The number of primary amides is 1. The van der Waals surface area contributed by atoms with Gasteiger partial charge in [0.2, 0.25) is 0 Å². The summed E-state index contributed by atoms with van der Waals surface area (Å²) >= 11 is 1.29. The maximum absolute atomic E-state index is 13.4. The minimum Gasteiger partial charge on any atom is -0.364 e. The van der Waals surface area contributed by atoms with Crippen LogP contribution in [0, 0.1) is 5.41 Å². The highest BCUT2D eigenvalue weighted by atomic mass is 32.1. The van der Waals surface area contributed by atoms with E-state index in [4.69, 9.17) is 10.7 Å². The number of hydrogen-bond donors (Lipinski definition) is 3. The zero-order chi connectivity index (χ0) is 28.8. The predicted octanol–water partition coefficient (Wildman–Crippen LogP) is 3.09. The molecule has 2 atom stereocenters. The molecule has 214 valence electrons. The molecule has 2 amide bonds. The third-order valence-electron chi connectivity index (χ3n) is 7.87. The first-order chi connectivity index (χ1) is 18.9. The number of nitrogens with two attached hydrogens (primary N) is 1. The number of piperidine rings is 1. The van der Waals surface area contributed by atoms with Crippen LogP contribution in [0.15, 0.2) is 18.3 Å². The van der Waals surface area contributed by atoms with Crippen molar-refractivity contribution in [1.29, 1.82) is 0 Å². The molecule has 4 N–H and O–H groups in total. The van der Waals surface area contributed by atoms with E-state index in [-0.39, 0.29) is 29.1 Å². The van der Waals surface area contributed by atoms with Crippen molar-refractivity contribution in [3.63, 3.8) is 0 Å². The number of fused-ring (bicyclic) bond motifs is 1. The molecule has 1 aliphatic heterocycles. The molecule has 3 aromatic heterocycles. The lowest BCUT2D eigenvalue weighted by Gasteiger charge is -2.40. The monoisotopic (exact) mass is 565 g/mol. The molecule has 0 spiro atoms. The van der Waals surface area contributed by atoms with E-state index in [1.807, 2.05) is 32.1 Å². The summed E-state index contributed by atoms with van der Waals surface area (Å²) in [5.41, 5.74) is 10.1. The molecule has 12 heteroatoms. The minimum atomic E-state index is -0.658. The van der Waals surface area contributed by atoms with Crippen molar-refractivity contribution in [2.45, 2.75) is 65.1 Å². The summed E-state index contributed by atoms with van der Waals surface area (Å²) < 4.78 is 6.52. The van der Waals surface area contributed by atoms with E-state index in [0.29, 0.717) is 23.9 Å². The Balaban J connectivity index is 1.33. The molecule has 3 aromatic rings. The molecule has 0 saturated carbocycles. The number of nitrogens with zero attached hydrogens (tertiary/aromatic N) is 6. The van der Waals surface area contributed by atoms with Crippen LogP contribution in [-0.2, 0) is 26.4 Å². The number of rotatable bonds is 8. The van der Waals surface area contributed by atoms with E-state index in [1.54, 1.807) is 6.20 Å². The van der Waals surface area contributed by atoms with Crippen LogP contribution in [0.1, 0.15) is 71.5 Å². The number of carbonyl (C=O) groups excluding carboxylic acids is 2. The largest absolute Gasteiger partial charge is 0.364 e. The maximum atomic E-state index is 13.4. The number of carbonyl (C=O) groups is 2. The van der Waals surface area contributed by atoms with Crippen LogP contribution in [0.4, 0.5) is 16.6 Å². The van der Waals surface area contributed by atoms with Gasteiger partial charge in [-0.1, -0.05) is 13.8 Å². The van der Waals surface area contributed by atoms with Gasteiger partial charge in [-0.15, -0.1) is 0 Å². The molecule has 11 nitrogen and oxygen atoms in total. The van der Waals surface area contributed by atoms with E-state index >= 15 is 0 Å². The van der Waals surface area contributed by atoms with E-state index in [2.05, 4.69) is 56.3 Å². The number of anilines is 3. The zero-order valence-corrected chi connectivity index (χ0v) is 24.9. The second-order valence-electron chi connectivity index (χ2n) is 12.1. The number of nitrogens with one attached hydrogen (secondary N) is 2. The topological polar surface area (TPSA) is 134 Å². The lowest BCUT2D eigenvalue weighted by atomic mass is 9.90. The van der Waals surface area contributed by atoms with Crippen LogP contribution in [-0.4, -0.2) is 68.3 Å². The second-order valence-corrected chi connectivity index (χ2v) is 12.9. The first-order valence-corrected chi connectivity index (χ1v) is 14.5. The molecule has 0 radical (unpaired) electrons. The Labute approximate surface area is 239 Å². The van der Waals surface area contributed by atoms with E-state index in [1.165, 1.54) is 22.8 Å². The van der Waals surface area contributed by atoms with Crippen molar-refractivity contribution in [3.05, 3.63) is 46.7 Å². The Morgan fingerprint density at radius 2 is 2.02 bits per heavy atom. The predicted molar refractivity (Wildman–Crippen MR) is 157 cm³/mol. The van der Waals surface area contributed by atoms with Crippen molar-refractivity contribution in [2.75, 3.05) is 30.9 Å². The summed E-state index contributed by atoms with van der Waals surface area (Å²) in [6.45, 7) is 8.09. The van der Waals surface area contributed by atoms with Crippen LogP contribution >= 0.6 is 11.5 Å². The quantitative estimate of drug-likeness (QED) is 0.379.